The normalized spacial score (nSPS) is 9.86. The fraction of sp³-hybridized carbons (Fsp3) is 0.222. The quantitative estimate of drug-likeness (QED) is 0.335. The Morgan fingerprint density at radius 3 is 2.64 bits per heavy atom. The first-order valence-electron chi connectivity index (χ1n) is 3.90. The van der Waals surface area contributed by atoms with Gasteiger partial charge < -0.3 is 0 Å². The van der Waals surface area contributed by atoms with E-state index in [0.29, 0.717) is 11.1 Å². The number of carbonyl (C=O) groups is 1. The van der Waals surface area contributed by atoms with Gasteiger partial charge in [-0.15, -0.1) is 11.6 Å². The predicted octanol–water partition coefficient (Wildman–Crippen LogP) is 2.32. The van der Waals surface area contributed by atoms with Crippen LogP contribution in [-0.2, 0) is 0 Å². The molecule has 0 aliphatic heterocycles. The highest BCUT2D eigenvalue weighted by Gasteiger charge is 2.12. The van der Waals surface area contributed by atoms with Crippen molar-refractivity contribution in [2.45, 2.75) is 6.92 Å². The molecule has 0 aromatic heterocycles. The molecule has 0 spiro atoms. The number of Topliss-reactive ketones (excluding diaryl/α,β-unsaturated/α-hetero) is 1. The lowest BCUT2D eigenvalue weighted by molar-refractivity contribution is -0.384. The van der Waals surface area contributed by atoms with Gasteiger partial charge in [-0.3, -0.25) is 14.9 Å². The van der Waals surface area contributed by atoms with Crippen LogP contribution in [0.3, 0.4) is 0 Å². The summed E-state index contributed by atoms with van der Waals surface area (Å²) in [7, 11) is 0. The Hall–Kier alpha value is -1.42. The van der Waals surface area contributed by atoms with Crippen molar-refractivity contribution in [3.63, 3.8) is 0 Å². The molecule has 14 heavy (non-hydrogen) atoms. The van der Waals surface area contributed by atoms with Gasteiger partial charge in [0, 0.05) is 17.7 Å². The van der Waals surface area contributed by atoms with E-state index >= 15 is 0 Å². The van der Waals surface area contributed by atoms with Gasteiger partial charge in [0.1, 0.15) is 0 Å². The number of non-ortho nitro benzene ring substituents is 1. The number of nitrogens with zero attached hydrogens (tertiary/aromatic N) is 1. The first-order valence-corrected chi connectivity index (χ1v) is 4.44. The monoisotopic (exact) mass is 213 g/mol. The Bertz CT molecular complexity index is 390. The minimum Gasteiger partial charge on any atom is -0.293 e. The van der Waals surface area contributed by atoms with Crippen LogP contribution in [0.5, 0.6) is 0 Å². The first kappa shape index (κ1) is 10.7. The first-order chi connectivity index (χ1) is 6.56. The molecule has 0 saturated carbocycles. The second-order valence-corrected chi connectivity index (χ2v) is 3.08. The molecular weight excluding hydrogens is 206 g/mol. The summed E-state index contributed by atoms with van der Waals surface area (Å²) in [5, 5.41) is 10.4. The minimum atomic E-state index is -0.498. The zero-order valence-electron chi connectivity index (χ0n) is 7.49. The lowest BCUT2D eigenvalue weighted by atomic mass is 10.1. The summed E-state index contributed by atoms with van der Waals surface area (Å²) in [5.41, 5.74) is 0.990. The van der Waals surface area contributed by atoms with Crippen LogP contribution in [0, 0.1) is 17.0 Å². The standard InChI is InChI=1S/C9H8ClNO3/c1-6-4-7(11(13)14)2-3-8(6)9(12)5-10/h2-4H,5H2,1H3. The molecule has 0 fully saturated rings. The average Bonchev–Trinajstić information content (AvgIpc) is 2.16. The van der Waals surface area contributed by atoms with E-state index < -0.39 is 4.92 Å². The van der Waals surface area contributed by atoms with Crippen LogP contribution in [0.15, 0.2) is 18.2 Å². The van der Waals surface area contributed by atoms with E-state index in [1.165, 1.54) is 18.2 Å². The smallest absolute Gasteiger partial charge is 0.269 e. The average molecular weight is 214 g/mol. The number of ketones is 1. The van der Waals surface area contributed by atoms with Crippen molar-refractivity contribution in [2.75, 3.05) is 5.88 Å². The Balaban J connectivity index is 3.14. The maximum absolute atomic E-state index is 11.2. The van der Waals surface area contributed by atoms with Gasteiger partial charge in [0.15, 0.2) is 5.78 Å². The summed E-state index contributed by atoms with van der Waals surface area (Å²) in [5.74, 6) is -0.336. The Morgan fingerprint density at radius 1 is 1.57 bits per heavy atom. The maximum Gasteiger partial charge on any atom is 0.269 e. The van der Waals surface area contributed by atoms with E-state index in [4.69, 9.17) is 11.6 Å². The summed E-state index contributed by atoms with van der Waals surface area (Å²) < 4.78 is 0. The Labute approximate surface area is 85.6 Å². The molecule has 1 aromatic rings. The van der Waals surface area contributed by atoms with Crippen LogP contribution in [0.2, 0.25) is 0 Å². The molecule has 0 radical (unpaired) electrons. The number of alkyl halides is 1. The number of halogens is 1. The summed E-state index contributed by atoms with van der Waals surface area (Å²) in [4.78, 5) is 21.1. The number of nitro benzene ring substituents is 1. The van der Waals surface area contributed by atoms with Crippen molar-refractivity contribution < 1.29 is 9.72 Å². The fourth-order valence-corrected chi connectivity index (χ4v) is 1.29. The second kappa shape index (κ2) is 4.19. The Morgan fingerprint density at radius 2 is 2.21 bits per heavy atom. The number of hydrogen-bond donors (Lipinski definition) is 0. The van der Waals surface area contributed by atoms with Gasteiger partial charge in [-0.2, -0.15) is 0 Å². The van der Waals surface area contributed by atoms with Gasteiger partial charge in [-0.1, -0.05) is 0 Å². The number of aryl methyl sites for hydroxylation is 1. The Kier molecular flexibility index (Phi) is 3.19. The van der Waals surface area contributed by atoms with Gasteiger partial charge in [-0.25, -0.2) is 0 Å². The number of rotatable bonds is 3. The van der Waals surface area contributed by atoms with E-state index in [0.717, 1.165) is 0 Å². The number of nitro groups is 1. The van der Waals surface area contributed by atoms with Crippen LogP contribution in [0.4, 0.5) is 5.69 Å². The lowest BCUT2D eigenvalue weighted by Gasteiger charge is -2.01. The van der Waals surface area contributed by atoms with Crippen LogP contribution >= 0.6 is 11.6 Å². The summed E-state index contributed by atoms with van der Waals surface area (Å²) in [6, 6.07) is 4.09. The van der Waals surface area contributed by atoms with Crippen molar-refractivity contribution >= 4 is 23.1 Å². The van der Waals surface area contributed by atoms with Crippen molar-refractivity contribution in [1.29, 1.82) is 0 Å². The minimum absolute atomic E-state index is 0.0198. The van der Waals surface area contributed by atoms with E-state index in [1.54, 1.807) is 6.92 Å². The van der Waals surface area contributed by atoms with E-state index in [9.17, 15) is 14.9 Å². The van der Waals surface area contributed by atoms with Crippen LogP contribution in [-0.4, -0.2) is 16.6 Å². The lowest BCUT2D eigenvalue weighted by Crippen LogP contribution is -2.03. The summed E-state index contributed by atoms with van der Waals surface area (Å²) >= 11 is 5.38. The summed E-state index contributed by atoms with van der Waals surface area (Å²) in [6.45, 7) is 1.65. The molecule has 0 N–H and O–H groups in total. The van der Waals surface area contributed by atoms with E-state index in [2.05, 4.69) is 0 Å². The molecule has 0 unspecified atom stereocenters. The molecule has 0 aliphatic rings. The highest BCUT2D eigenvalue weighted by Crippen LogP contribution is 2.17. The zero-order chi connectivity index (χ0) is 10.7. The van der Waals surface area contributed by atoms with Crippen LogP contribution in [0.1, 0.15) is 15.9 Å². The largest absolute Gasteiger partial charge is 0.293 e. The molecular formula is C9H8ClNO3. The third kappa shape index (κ3) is 2.09. The molecule has 0 bridgehead atoms. The number of hydrogen-bond acceptors (Lipinski definition) is 3. The third-order valence-electron chi connectivity index (χ3n) is 1.84. The van der Waals surface area contributed by atoms with Crippen molar-refractivity contribution in [2.24, 2.45) is 0 Å². The van der Waals surface area contributed by atoms with Crippen LogP contribution < -0.4 is 0 Å². The number of carbonyl (C=O) groups excluding carboxylic acids is 1. The number of benzene rings is 1. The molecule has 74 valence electrons. The molecule has 5 heteroatoms. The van der Waals surface area contributed by atoms with Gasteiger partial charge >= 0.3 is 0 Å². The molecule has 0 aliphatic carbocycles. The molecule has 0 heterocycles. The van der Waals surface area contributed by atoms with Crippen molar-refractivity contribution in [3.8, 4) is 0 Å². The molecule has 4 nitrogen and oxygen atoms in total. The predicted molar refractivity (Wildman–Crippen MR) is 52.9 cm³/mol. The highest BCUT2D eigenvalue weighted by atomic mass is 35.5. The second-order valence-electron chi connectivity index (χ2n) is 2.81. The molecule has 0 saturated heterocycles. The van der Waals surface area contributed by atoms with Crippen LogP contribution in [0.25, 0.3) is 0 Å². The zero-order valence-corrected chi connectivity index (χ0v) is 8.25. The summed E-state index contributed by atoms with van der Waals surface area (Å²) in [6.07, 6.45) is 0. The fourth-order valence-electron chi connectivity index (χ4n) is 1.15. The maximum atomic E-state index is 11.2. The van der Waals surface area contributed by atoms with Gasteiger partial charge in [0.05, 0.1) is 10.8 Å². The van der Waals surface area contributed by atoms with E-state index in [-0.39, 0.29) is 17.4 Å². The molecule has 1 aromatic carbocycles. The van der Waals surface area contributed by atoms with Gasteiger partial charge in [0.25, 0.3) is 5.69 Å². The van der Waals surface area contributed by atoms with Gasteiger partial charge in [0.2, 0.25) is 0 Å². The molecule has 1 rings (SSSR count). The van der Waals surface area contributed by atoms with Gasteiger partial charge in [-0.05, 0) is 18.6 Å². The SMILES string of the molecule is Cc1cc([N+](=O)[O-])ccc1C(=O)CCl. The van der Waals surface area contributed by atoms with Crippen molar-refractivity contribution in [3.05, 3.63) is 39.4 Å². The molecule has 0 atom stereocenters. The molecule has 0 amide bonds. The highest BCUT2D eigenvalue weighted by molar-refractivity contribution is 6.30. The van der Waals surface area contributed by atoms with Crippen molar-refractivity contribution in [1.82, 2.24) is 0 Å². The third-order valence-corrected chi connectivity index (χ3v) is 2.09. The topological polar surface area (TPSA) is 60.2 Å². The van der Waals surface area contributed by atoms with E-state index in [1.807, 2.05) is 0 Å².